The summed E-state index contributed by atoms with van der Waals surface area (Å²) in [7, 11) is 0. The molecule has 2 rings (SSSR count). The summed E-state index contributed by atoms with van der Waals surface area (Å²) in [6, 6.07) is 5.62. The highest BCUT2D eigenvalue weighted by atomic mass is 16.6. The van der Waals surface area contributed by atoms with Crippen LogP contribution < -0.4 is 21.3 Å². The van der Waals surface area contributed by atoms with Crippen molar-refractivity contribution in [3.63, 3.8) is 0 Å². The van der Waals surface area contributed by atoms with Gasteiger partial charge in [-0.05, 0) is 12.1 Å². The summed E-state index contributed by atoms with van der Waals surface area (Å²) in [6.45, 7) is 6.15. The molecule has 1 aromatic carbocycles. The molecular formula is C15H24N6O3. The van der Waals surface area contributed by atoms with Gasteiger partial charge in [-0.25, -0.2) is 4.79 Å². The van der Waals surface area contributed by atoms with Gasteiger partial charge in [-0.2, -0.15) is 0 Å². The van der Waals surface area contributed by atoms with E-state index in [1.165, 1.54) is 24.3 Å². The van der Waals surface area contributed by atoms with Crippen LogP contribution in [-0.2, 0) is 0 Å². The van der Waals surface area contributed by atoms with Gasteiger partial charge in [-0.1, -0.05) is 0 Å². The zero-order chi connectivity index (χ0) is 17.2. The maximum Gasteiger partial charge on any atom is 0.321 e. The van der Waals surface area contributed by atoms with E-state index >= 15 is 0 Å². The molecule has 1 aliphatic rings. The van der Waals surface area contributed by atoms with Gasteiger partial charge in [0.05, 0.1) is 4.92 Å². The zero-order valence-corrected chi connectivity index (χ0v) is 13.6. The molecule has 0 radical (unpaired) electrons. The van der Waals surface area contributed by atoms with Crippen LogP contribution in [-0.4, -0.2) is 68.2 Å². The minimum atomic E-state index is -0.464. The maximum atomic E-state index is 12.4. The first kappa shape index (κ1) is 18.1. The molecular weight excluding hydrogens is 312 g/mol. The first-order valence-electron chi connectivity index (χ1n) is 8.09. The second kappa shape index (κ2) is 9.81. The minimum absolute atomic E-state index is 0.00122. The topological polar surface area (TPSA) is 112 Å². The molecule has 1 aromatic rings. The van der Waals surface area contributed by atoms with Crippen LogP contribution in [0.15, 0.2) is 24.3 Å². The molecule has 0 aliphatic carbocycles. The molecule has 0 spiro atoms. The van der Waals surface area contributed by atoms with Gasteiger partial charge in [0.25, 0.3) is 5.69 Å². The predicted octanol–water partition coefficient (Wildman–Crippen LogP) is 0.211. The van der Waals surface area contributed by atoms with E-state index in [0.717, 1.165) is 39.3 Å². The number of nitrogens with one attached hydrogen (secondary N) is 4. The van der Waals surface area contributed by atoms with Crippen molar-refractivity contribution in [2.24, 2.45) is 0 Å². The number of non-ortho nitro benzene ring substituents is 1. The Morgan fingerprint density at radius 1 is 0.958 bits per heavy atom. The zero-order valence-electron chi connectivity index (χ0n) is 13.6. The molecule has 9 nitrogen and oxygen atoms in total. The number of hydrogen-bond donors (Lipinski definition) is 4. The molecule has 1 fully saturated rings. The van der Waals surface area contributed by atoms with Crippen molar-refractivity contribution in [3.05, 3.63) is 34.4 Å². The molecule has 0 aromatic heterocycles. The van der Waals surface area contributed by atoms with Gasteiger partial charge in [0.2, 0.25) is 0 Å². The molecule has 4 N–H and O–H groups in total. The number of nitrogens with zero attached hydrogens (tertiary/aromatic N) is 2. The summed E-state index contributed by atoms with van der Waals surface area (Å²) >= 11 is 0. The Morgan fingerprint density at radius 2 is 1.46 bits per heavy atom. The molecule has 1 saturated heterocycles. The van der Waals surface area contributed by atoms with Gasteiger partial charge >= 0.3 is 6.03 Å². The fourth-order valence-corrected chi connectivity index (χ4v) is 2.34. The quantitative estimate of drug-likeness (QED) is 0.454. The van der Waals surface area contributed by atoms with Crippen LogP contribution in [0.1, 0.15) is 0 Å². The smallest absolute Gasteiger partial charge is 0.321 e. The van der Waals surface area contributed by atoms with Gasteiger partial charge in [0.1, 0.15) is 0 Å². The summed E-state index contributed by atoms with van der Waals surface area (Å²) in [6.07, 6.45) is 0. The normalized spacial score (nSPS) is 17.4. The van der Waals surface area contributed by atoms with Crippen molar-refractivity contribution in [3.8, 4) is 0 Å². The lowest BCUT2D eigenvalue weighted by atomic mass is 10.3. The number of nitro groups is 1. The van der Waals surface area contributed by atoms with Gasteiger partial charge in [-0.3, -0.25) is 10.1 Å². The van der Waals surface area contributed by atoms with E-state index in [9.17, 15) is 14.9 Å². The number of hydrogen-bond acceptors (Lipinski definition) is 6. The van der Waals surface area contributed by atoms with Gasteiger partial charge in [0, 0.05) is 70.2 Å². The van der Waals surface area contributed by atoms with E-state index in [4.69, 9.17) is 0 Å². The molecule has 9 heteroatoms. The summed E-state index contributed by atoms with van der Waals surface area (Å²) < 4.78 is 0. The molecule has 1 heterocycles. The summed E-state index contributed by atoms with van der Waals surface area (Å²) in [4.78, 5) is 24.3. The lowest BCUT2D eigenvalue weighted by Crippen LogP contribution is -2.45. The van der Waals surface area contributed by atoms with Crippen LogP contribution in [0.5, 0.6) is 0 Å². The molecule has 2 amide bonds. The summed E-state index contributed by atoms with van der Waals surface area (Å²) in [5.74, 6) is 0. The SMILES string of the molecule is O=C(Nc1ccc([N+](=O)[O-])cc1)N1CCNCCNCCNCC1. The predicted molar refractivity (Wildman–Crippen MR) is 92.3 cm³/mol. The first-order valence-corrected chi connectivity index (χ1v) is 8.09. The van der Waals surface area contributed by atoms with Crippen LogP contribution in [0, 0.1) is 10.1 Å². The van der Waals surface area contributed by atoms with Crippen LogP contribution in [0.25, 0.3) is 0 Å². The van der Waals surface area contributed by atoms with Crippen molar-refractivity contribution >= 4 is 17.4 Å². The summed E-state index contributed by atoms with van der Waals surface area (Å²) in [5.41, 5.74) is 0.545. The van der Waals surface area contributed by atoms with Crippen LogP contribution in [0.4, 0.5) is 16.2 Å². The second-order valence-electron chi connectivity index (χ2n) is 5.47. The number of carbonyl (C=O) groups excluding carboxylic acids is 1. The van der Waals surface area contributed by atoms with Crippen molar-refractivity contribution < 1.29 is 9.72 Å². The summed E-state index contributed by atoms with van der Waals surface area (Å²) in [5, 5.41) is 23.3. The van der Waals surface area contributed by atoms with E-state index in [1.54, 1.807) is 4.90 Å². The van der Waals surface area contributed by atoms with Crippen molar-refractivity contribution in [1.29, 1.82) is 0 Å². The van der Waals surface area contributed by atoms with Gasteiger partial charge in [0.15, 0.2) is 0 Å². The fraction of sp³-hybridized carbons (Fsp3) is 0.533. The van der Waals surface area contributed by atoms with Crippen molar-refractivity contribution in [2.45, 2.75) is 0 Å². The van der Waals surface area contributed by atoms with Crippen LogP contribution in [0.2, 0.25) is 0 Å². The fourth-order valence-electron chi connectivity index (χ4n) is 2.34. The van der Waals surface area contributed by atoms with Crippen molar-refractivity contribution in [2.75, 3.05) is 57.7 Å². The van der Waals surface area contributed by atoms with E-state index in [0.29, 0.717) is 18.8 Å². The average molecular weight is 336 g/mol. The van der Waals surface area contributed by atoms with Crippen molar-refractivity contribution in [1.82, 2.24) is 20.9 Å². The third kappa shape index (κ3) is 6.11. The van der Waals surface area contributed by atoms with E-state index in [2.05, 4.69) is 21.3 Å². The molecule has 1 aliphatic heterocycles. The molecule has 0 bridgehead atoms. The molecule has 0 atom stereocenters. The molecule has 24 heavy (non-hydrogen) atoms. The highest BCUT2D eigenvalue weighted by Crippen LogP contribution is 2.15. The number of carbonyl (C=O) groups is 1. The van der Waals surface area contributed by atoms with Crippen LogP contribution in [0.3, 0.4) is 0 Å². The van der Waals surface area contributed by atoms with Gasteiger partial charge < -0.3 is 26.2 Å². The number of amides is 2. The van der Waals surface area contributed by atoms with E-state index in [-0.39, 0.29) is 11.7 Å². The lowest BCUT2D eigenvalue weighted by molar-refractivity contribution is -0.384. The van der Waals surface area contributed by atoms with E-state index in [1.807, 2.05) is 0 Å². The third-order valence-corrected chi connectivity index (χ3v) is 3.69. The monoisotopic (exact) mass is 336 g/mol. The Bertz CT molecular complexity index is 525. The average Bonchev–Trinajstić information content (AvgIpc) is 2.55. The second-order valence-corrected chi connectivity index (χ2v) is 5.47. The third-order valence-electron chi connectivity index (χ3n) is 3.69. The van der Waals surface area contributed by atoms with Gasteiger partial charge in [-0.15, -0.1) is 0 Å². The standard InChI is InChI=1S/C15H24N6O3/c22-15(19-13-1-3-14(4-2-13)21(23)24)20-11-9-17-7-5-16-6-8-18-10-12-20/h1-4,16-18H,5-12H2,(H,19,22). The number of nitro benzene ring substituents is 1. The molecule has 132 valence electrons. The maximum absolute atomic E-state index is 12.4. The number of rotatable bonds is 2. The van der Waals surface area contributed by atoms with Crippen LogP contribution >= 0.6 is 0 Å². The largest absolute Gasteiger partial charge is 0.322 e. The Kier molecular flexibility index (Phi) is 7.40. The van der Waals surface area contributed by atoms with E-state index < -0.39 is 4.92 Å². The Hall–Kier alpha value is -2.23. The highest BCUT2D eigenvalue weighted by molar-refractivity contribution is 5.89. The molecule has 0 saturated carbocycles. The first-order chi connectivity index (χ1) is 11.7. The number of urea groups is 1. The highest BCUT2D eigenvalue weighted by Gasteiger charge is 2.14. The number of benzene rings is 1. The minimum Gasteiger partial charge on any atom is -0.322 e. The lowest BCUT2D eigenvalue weighted by Gasteiger charge is -2.24. The Labute approximate surface area is 140 Å². The molecule has 0 unspecified atom stereocenters. The number of anilines is 1. The Balaban J connectivity index is 1.90. The Morgan fingerprint density at radius 3 is 1.96 bits per heavy atom.